The molecule has 1 aliphatic rings. The van der Waals surface area contributed by atoms with Crippen molar-refractivity contribution >= 4 is 7.60 Å². The van der Waals surface area contributed by atoms with Crippen LogP contribution in [-0.4, -0.2) is 22.5 Å². The van der Waals surface area contributed by atoms with Crippen LogP contribution in [0.2, 0.25) is 0 Å². The lowest BCUT2D eigenvalue weighted by molar-refractivity contribution is 0.371. The van der Waals surface area contributed by atoms with E-state index in [-0.39, 0.29) is 6.16 Å². The van der Waals surface area contributed by atoms with Gasteiger partial charge in [-0.25, -0.2) is 0 Å². The third kappa shape index (κ3) is 3.76. The van der Waals surface area contributed by atoms with E-state index < -0.39 is 7.60 Å². The maximum absolute atomic E-state index is 10.7. The fourth-order valence-electron chi connectivity index (χ4n) is 1.47. The Morgan fingerprint density at radius 1 is 1.27 bits per heavy atom. The van der Waals surface area contributed by atoms with Gasteiger partial charge >= 0.3 is 7.60 Å². The van der Waals surface area contributed by atoms with Crippen LogP contribution in [0, 0.1) is 0 Å². The average Bonchev–Trinajstić information content (AvgIpc) is 2.90. The topological polar surface area (TPSA) is 70.1 Å². The highest BCUT2D eigenvalue weighted by atomic mass is 31.2. The Morgan fingerprint density at radius 2 is 1.80 bits per heavy atom. The Hall–Kier alpha value is -0.670. The zero-order valence-electron chi connectivity index (χ0n) is 8.17. The third-order valence-electron chi connectivity index (χ3n) is 2.28. The fourth-order valence-corrected chi connectivity index (χ4v) is 2.15. The molecule has 0 radical (unpaired) electrons. The van der Waals surface area contributed by atoms with Gasteiger partial charge in [-0.1, -0.05) is 24.3 Å². The highest BCUT2D eigenvalue weighted by Gasteiger charge is 2.22. The van der Waals surface area contributed by atoms with Crippen molar-refractivity contribution in [3.63, 3.8) is 0 Å². The lowest BCUT2D eigenvalue weighted by atomic mass is 10.1. The van der Waals surface area contributed by atoms with E-state index in [1.807, 2.05) is 12.1 Å². The Morgan fingerprint density at radius 3 is 2.27 bits per heavy atom. The van der Waals surface area contributed by atoms with E-state index in [1.165, 1.54) is 0 Å². The summed E-state index contributed by atoms with van der Waals surface area (Å²) in [6.45, 7) is 0.824. The van der Waals surface area contributed by atoms with Crippen LogP contribution in [-0.2, 0) is 21.9 Å². The van der Waals surface area contributed by atoms with Crippen molar-refractivity contribution in [3.8, 4) is 0 Å². The standard InChI is InChI=1S/C10H13O4P/c11-15(12,13)7-9-3-1-8(2-4-9)5-10-6-14-10/h1-4,10H,5-7H2,(H2,11,12,13). The van der Waals surface area contributed by atoms with Crippen LogP contribution in [0.15, 0.2) is 24.3 Å². The lowest BCUT2D eigenvalue weighted by Crippen LogP contribution is -1.93. The average molecular weight is 228 g/mol. The predicted octanol–water partition coefficient (Wildman–Crippen LogP) is 1.31. The molecule has 1 aromatic rings. The quantitative estimate of drug-likeness (QED) is 0.602. The normalized spacial score (nSPS) is 20.3. The molecular formula is C10H13O4P. The molecule has 4 nitrogen and oxygen atoms in total. The zero-order valence-corrected chi connectivity index (χ0v) is 9.06. The molecule has 82 valence electrons. The molecule has 5 heteroatoms. The maximum Gasteiger partial charge on any atom is 0.329 e. The van der Waals surface area contributed by atoms with Crippen molar-refractivity contribution in [2.24, 2.45) is 0 Å². The first kappa shape index (κ1) is 10.8. The van der Waals surface area contributed by atoms with Gasteiger partial charge < -0.3 is 14.5 Å². The minimum absolute atomic E-state index is 0.187. The van der Waals surface area contributed by atoms with E-state index in [4.69, 9.17) is 14.5 Å². The highest BCUT2D eigenvalue weighted by Crippen LogP contribution is 2.38. The molecular weight excluding hydrogens is 215 g/mol. The molecule has 1 aliphatic heterocycles. The number of rotatable bonds is 4. The van der Waals surface area contributed by atoms with Crippen molar-refractivity contribution in [1.82, 2.24) is 0 Å². The van der Waals surface area contributed by atoms with Gasteiger partial charge in [-0.2, -0.15) is 0 Å². The summed E-state index contributed by atoms with van der Waals surface area (Å²) in [4.78, 5) is 17.6. The first-order valence-electron chi connectivity index (χ1n) is 4.77. The van der Waals surface area contributed by atoms with Crippen LogP contribution in [0.3, 0.4) is 0 Å². The summed E-state index contributed by atoms with van der Waals surface area (Å²) < 4.78 is 15.8. The summed E-state index contributed by atoms with van der Waals surface area (Å²) in [6.07, 6.45) is 1.04. The molecule has 1 aromatic carbocycles. The van der Waals surface area contributed by atoms with Crippen molar-refractivity contribution < 1.29 is 19.1 Å². The van der Waals surface area contributed by atoms with Crippen LogP contribution in [0.1, 0.15) is 11.1 Å². The molecule has 1 unspecified atom stereocenters. The minimum Gasteiger partial charge on any atom is -0.373 e. The summed E-state index contributed by atoms with van der Waals surface area (Å²) in [7, 11) is -3.94. The van der Waals surface area contributed by atoms with Crippen molar-refractivity contribution in [3.05, 3.63) is 35.4 Å². The molecule has 0 bridgehead atoms. The van der Waals surface area contributed by atoms with Crippen LogP contribution < -0.4 is 0 Å². The summed E-state index contributed by atoms with van der Waals surface area (Å²) in [6, 6.07) is 7.31. The van der Waals surface area contributed by atoms with Crippen LogP contribution >= 0.6 is 7.60 Å². The van der Waals surface area contributed by atoms with Gasteiger partial charge in [0.2, 0.25) is 0 Å². The first-order valence-corrected chi connectivity index (χ1v) is 6.57. The van der Waals surface area contributed by atoms with Crippen molar-refractivity contribution in [2.75, 3.05) is 6.61 Å². The van der Waals surface area contributed by atoms with Gasteiger partial charge in [-0.05, 0) is 11.1 Å². The van der Waals surface area contributed by atoms with Gasteiger partial charge in [0, 0.05) is 6.42 Å². The van der Waals surface area contributed by atoms with Gasteiger partial charge in [0.25, 0.3) is 0 Å². The second kappa shape index (κ2) is 4.06. The van der Waals surface area contributed by atoms with E-state index in [0.717, 1.165) is 18.6 Å². The van der Waals surface area contributed by atoms with E-state index in [1.54, 1.807) is 12.1 Å². The SMILES string of the molecule is O=P(O)(O)Cc1ccc(CC2CO2)cc1. The highest BCUT2D eigenvalue weighted by molar-refractivity contribution is 7.50. The van der Waals surface area contributed by atoms with Crippen molar-refractivity contribution in [1.29, 1.82) is 0 Å². The molecule has 1 saturated heterocycles. The van der Waals surface area contributed by atoms with Crippen LogP contribution in [0.5, 0.6) is 0 Å². The molecule has 1 atom stereocenters. The van der Waals surface area contributed by atoms with Gasteiger partial charge in [0.05, 0.1) is 18.9 Å². The lowest BCUT2D eigenvalue weighted by Gasteiger charge is -2.04. The number of hydrogen-bond acceptors (Lipinski definition) is 2. The molecule has 1 fully saturated rings. The summed E-state index contributed by atoms with van der Waals surface area (Å²) in [5.74, 6) is 0. The molecule has 15 heavy (non-hydrogen) atoms. The van der Waals surface area contributed by atoms with E-state index in [2.05, 4.69) is 0 Å². The van der Waals surface area contributed by atoms with E-state index in [9.17, 15) is 4.57 Å². The van der Waals surface area contributed by atoms with Gasteiger partial charge in [0.15, 0.2) is 0 Å². The smallest absolute Gasteiger partial charge is 0.329 e. The van der Waals surface area contributed by atoms with Crippen LogP contribution in [0.25, 0.3) is 0 Å². The van der Waals surface area contributed by atoms with Crippen molar-refractivity contribution in [2.45, 2.75) is 18.7 Å². The molecule has 2 rings (SSSR count). The Balaban J connectivity index is 1.99. The number of benzene rings is 1. The molecule has 0 spiro atoms. The van der Waals surface area contributed by atoms with Gasteiger partial charge in [-0.15, -0.1) is 0 Å². The monoisotopic (exact) mass is 228 g/mol. The largest absolute Gasteiger partial charge is 0.373 e. The second-order valence-corrected chi connectivity index (χ2v) is 5.44. The fraction of sp³-hybridized carbons (Fsp3) is 0.400. The molecule has 0 amide bonds. The molecule has 0 saturated carbocycles. The van der Waals surface area contributed by atoms with E-state index in [0.29, 0.717) is 11.7 Å². The first-order chi connectivity index (χ1) is 7.03. The Labute approximate surface area is 88.1 Å². The molecule has 2 N–H and O–H groups in total. The molecule has 1 heterocycles. The molecule has 0 aromatic heterocycles. The predicted molar refractivity (Wildman–Crippen MR) is 55.6 cm³/mol. The number of epoxide rings is 1. The minimum atomic E-state index is -3.94. The number of ether oxygens (including phenoxy) is 1. The van der Waals surface area contributed by atoms with E-state index >= 15 is 0 Å². The maximum atomic E-state index is 10.7. The molecule has 0 aliphatic carbocycles. The summed E-state index contributed by atoms with van der Waals surface area (Å²) >= 11 is 0. The van der Waals surface area contributed by atoms with Gasteiger partial charge in [0.1, 0.15) is 0 Å². The zero-order chi connectivity index (χ0) is 10.9. The van der Waals surface area contributed by atoms with Gasteiger partial charge in [-0.3, -0.25) is 4.57 Å². The Kier molecular flexibility index (Phi) is 2.94. The van der Waals surface area contributed by atoms with Crippen LogP contribution in [0.4, 0.5) is 0 Å². The third-order valence-corrected chi connectivity index (χ3v) is 3.05. The second-order valence-electron chi connectivity index (χ2n) is 3.80. The summed E-state index contributed by atoms with van der Waals surface area (Å²) in [5.41, 5.74) is 1.82. The summed E-state index contributed by atoms with van der Waals surface area (Å²) in [5, 5.41) is 0. The number of hydrogen-bond donors (Lipinski definition) is 2. The Bertz CT molecular complexity index is 377.